The second-order valence-electron chi connectivity index (χ2n) is 4.49. The smallest absolute Gasteiger partial charge is 0.450 e. The lowest BCUT2D eigenvalue weighted by molar-refractivity contribution is -0.793. The first-order chi connectivity index (χ1) is 10.2. The molecule has 11 heteroatoms. The van der Waals surface area contributed by atoms with Crippen LogP contribution in [0.1, 0.15) is 12.5 Å². The minimum absolute atomic E-state index is 0.161. The van der Waals surface area contributed by atoms with Crippen LogP contribution in [0.25, 0.3) is 0 Å². The van der Waals surface area contributed by atoms with Gasteiger partial charge in [-0.25, -0.2) is 0 Å². The third-order valence-corrected chi connectivity index (χ3v) is 2.79. The predicted octanol–water partition coefficient (Wildman–Crippen LogP) is 0.950. The van der Waals surface area contributed by atoms with Gasteiger partial charge in [-0.15, -0.1) is 0 Å². The fourth-order valence-corrected chi connectivity index (χ4v) is 1.34. The topological polar surface area (TPSA) is 156 Å². The minimum Gasteiger partial charge on any atom is -0.450 e. The number of nitro groups is 3. The summed E-state index contributed by atoms with van der Waals surface area (Å²) in [5.74, 6) is -0.913. The zero-order chi connectivity index (χ0) is 16.9. The van der Waals surface area contributed by atoms with E-state index in [0.29, 0.717) is 5.56 Å². The van der Waals surface area contributed by atoms with Crippen LogP contribution in [0.3, 0.4) is 0 Å². The first kappa shape index (κ1) is 16.9. The minimum atomic E-state index is -2.62. The van der Waals surface area contributed by atoms with E-state index >= 15 is 0 Å². The fourth-order valence-electron chi connectivity index (χ4n) is 1.34. The highest BCUT2D eigenvalue weighted by atomic mass is 16.7. The van der Waals surface area contributed by atoms with Gasteiger partial charge in [0, 0.05) is 12.1 Å². The molecule has 118 valence electrons. The summed E-state index contributed by atoms with van der Waals surface area (Å²) in [4.78, 5) is 40.4. The molecule has 0 radical (unpaired) electrons. The molecule has 0 amide bonds. The molecule has 0 aliphatic heterocycles. The molecule has 0 saturated carbocycles. The van der Waals surface area contributed by atoms with Gasteiger partial charge in [-0.05, 0) is 5.56 Å². The van der Waals surface area contributed by atoms with Crippen molar-refractivity contribution in [3.63, 3.8) is 0 Å². The fraction of sp³-hybridized carbons (Fsp3) is 0.364. The molecule has 0 N–H and O–H groups in total. The highest BCUT2D eigenvalue weighted by Crippen LogP contribution is 2.14. The standard InChI is InChI=1S/C11H11N3O8/c1-11(13(18)19,14(20)21)7-22-10(15)6-8-2-4-9(5-3-8)12(16)17/h2-5H,6-7H2,1H3. The Morgan fingerprint density at radius 3 is 2.00 bits per heavy atom. The average molecular weight is 313 g/mol. The Hall–Kier alpha value is -3.11. The third-order valence-electron chi connectivity index (χ3n) is 2.79. The zero-order valence-corrected chi connectivity index (χ0v) is 11.3. The quantitative estimate of drug-likeness (QED) is 0.311. The van der Waals surface area contributed by atoms with Gasteiger partial charge in [-0.2, -0.15) is 0 Å². The number of non-ortho nitro benzene ring substituents is 1. The van der Waals surface area contributed by atoms with Crippen LogP contribution in [-0.2, 0) is 16.0 Å². The highest BCUT2D eigenvalue weighted by Gasteiger charge is 2.52. The maximum absolute atomic E-state index is 11.5. The summed E-state index contributed by atoms with van der Waals surface area (Å²) >= 11 is 0. The first-order valence-electron chi connectivity index (χ1n) is 5.85. The maximum Gasteiger partial charge on any atom is 0.488 e. The largest absolute Gasteiger partial charge is 0.488 e. The molecule has 1 aromatic carbocycles. The van der Waals surface area contributed by atoms with E-state index in [2.05, 4.69) is 4.74 Å². The lowest BCUT2D eigenvalue weighted by atomic mass is 10.1. The van der Waals surface area contributed by atoms with E-state index in [-0.39, 0.29) is 12.1 Å². The van der Waals surface area contributed by atoms with Gasteiger partial charge < -0.3 is 4.74 Å². The normalized spacial score (nSPS) is 10.8. The predicted molar refractivity (Wildman–Crippen MR) is 70.2 cm³/mol. The van der Waals surface area contributed by atoms with Crippen molar-refractivity contribution in [3.8, 4) is 0 Å². The van der Waals surface area contributed by atoms with E-state index in [0.717, 1.165) is 6.92 Å². The van der Waals surface area contributed by atoms with Crippen molar-refractivity contribution in [2.45, 2.75) is 19.0 Å². The SMILES string of the molecule is CC(COC(=O)Cc1ccc([N+](=O)[O-])cc1)([N+](=O)[O-])[N+](=O)[O-]. The number of hydrogen-bond acceptors (Lipinski definition) is 8. The number of carbonyl (C=O) groups is 1. The van der Waals surface area contributed by atoms with Gasteiger partial charge in [-0.1, -0.05) is 12.1 Å². The number of benzene rings is 1. The Morgan fingerprint density at radius 1 is 1.09 bits per heavy atom. The number of rotatable bonds is 7. The van der Waals surface area contributed by atoms with Gasteiger partial charge in [0.1, 0.15) is 9.85 Å². The summed E-state index contributed by atoms with van der Waals surface area (Å²) < 4.78 is 4.56. The third kappa shape index (κ3) is 3.94. The van der Waals surface area contributed by atoms with E-state index in [1.54, 1.807) is 0 Å². The molecule has 0 aliphatic carbocycles. The lowest BCUT2D eigenvalue weighted by Crippen LogP contribution is -2.48. The zero-order valence-electron chi connectivity index (χ0n) is 11.3. The molecule has 22 heavy (non-hydrogen) atoms. The Morgan fingerprint density at radius 2 is 1.59 bits per heavy atom. The number of hydrogen-bond donors (Lipinski definition) is 0. The van der Waals surface area contributed by atoms with Crippen molar-refractivity contribution in [2.75, 3.05) is 6.61 Å². The van der Waals surface area contributed by atoms with Crippen LogP contribution in [0, 0.1) is 30.3 Å². The molecular formula is C11H11N3O8. The molecule has 0 fully saturated rings. The summed E-state index contributed by atoms with van der Waals surface area (Å²) in [6, 6.07) is 5.00. The van der Waals surface area contributed by atoms with E-state index < -0.39 is 33.0 Å². The van der Waals surface area contributed by atoms with Crippen molar-refractivity contribution in [2.24, 2.45) is 0 Å². The summed E-state index contributed by atoms with van der Waals surface area (Å²) in [7, 11) is 0. The monoisotopic (exact) mass is 313 g/mol. The van der Waals surface area contributed by atoms with Crippen LogP contribution in [-0.4, -0.2) is 33.0 Å². The van der Waals surface area contributed by atoms with Gasteiger partial charge in [0.15, 0.2) is 0 Å². The van der Waals surface area contributed by atoms with Crippen LogP contribution in [0.2, 0.25) is 0 Å². The maximum atomic E-state index is 11.5. The molecule has 0 heterocycles. The van der Waals surface area contributed by atoms with Gasteiger partial charge >= 0.3 is 11.6 Å². The van der Waals surface area contributed by atoms with Crippen molar-refractivity contribution < 1.29 is 24.3 Å². The summed E-state index contributed by atoms with van der Waals surface area (Å²) in [6.07, 6.45) is -0.316. The molecule has 0 spiro atoms. The van der Waals surface area contributed by atoms with Gasteiger partial charge in [0.2, 0.25) is 6.61 Å². The molecule has 1 rings (SSSR count). The summed E-state index contributed by atoms with van der Waals surface area (Å²) in [5.41, 5.74) is -2.41. The van der Waals surface area contributed by atoms with Crippen LogP contribution in [0.5, 0.6) is 0 Å². The van der Waals surface area contributed by atoms with E-state index in [1.807, 2.05) is 0 Å². The second-order valence-corrected chi connectivity index (χ2v) is 4.49. The van der Waals surface area contributed by atoms with Crippen molar-refractivity contribution >= 4 is 11.7 Å². The van der Waals surface area contributed by atoms with Crippen molar-refractivity contribution in [1.82, 2.24) is 0 Å². The summed E-state index contributed by atoms with van der Waals surface area (Å²) in [5, 5.41) is 31.7. The number of nitro benzene ring substituents is 1. The molecule has 0 unspecified atom stereocenters. The van der Waals surface area contributed by atoms with Crippen LogP contribution < -0.4 is 0 Å². The molecule has 0 atom stereocenters. The van der Waals surface area contributed by atoms with Crippen LogP contribution in [0.15, 0.2) is 24.3 Å². The molecule has 11 nitrogen and oxygen atoms in total. The van der Waals surface area contributed by atoms with E-state index in [9.17, 15) is 35.1 Å². The number of ether oxygens (including phenoxy) is 1. The molecule has 0 saturated heterocycles. The number of esters is 1. The second kappa shape index (κ2) is 6.56. The van der Waals surface area contributed by atoms with Crippen molar-refractivity contribution in [1.29, 1.82) is 0 Å². The van der Waals surface area contributed by atoms with E-state index in [1.165, 1.54) is 24.3 Å². The lowest BCUT2D eigenvalue weighted by Gasteiger charge is -2.12. The molecule has 0 bridgehead atoms. The molecule has 0 aromatic heterocycles. The van der Waals surface area contributed by atoms with Crippen LogP contribution in [0.4, 0.5) is 5.69 Å². The molecular weight excluding hydrogens is 302 g/mol. The summed E-state index contributed by atoms with van der Waals surface area (Å²) in [6.45, 7) is -0.287. The van der Waals surface area contributed by atoms with E-state index in [4.69, 9.17) is 0 Å². The number of carbonyl (C=O) groups excluding carboxylic acids is 1. The molecule has 0 aliphatic rings. The molecule has 1 aromatic rings. The number of nitrogens with zero attached hydrogens (tertiary/aromatic N) is 3. The first-order valence-corrected chi connectivity index (χ1v) is 5.85. The Bertz CT molecular complexity index is 598. The van der Waals surface area contributed by atoms with Gasteiger partial charge in [0.25, 0.3) is 5.69 Å². The van der Waals surface area contributed by atoms with Crippen molar-refractivity contribution in [3.05, 3.63) is 60.2 Å². The Kier molecular flexibility index (Phi) is 5.05. The van der Waals surface area contributed by atoms with Gasteiger partial charge in [0.05, 0.1) is 18.3 Å². The highest BCUT2D eigenvalue weighted by molar-refractivity contribution is 5.72. The average Bonchev–Trinajstić information content (AvgIpc) is 2.44. The van der Waals surface area contributed by atoms with Gasteiger partial charge in [-0.3, -0.25) is 35.1 Å². The Balaban J connectivity index is 2.65. The Labute approximate surface area is 122 Å². The van der Waals surface area contributed by atoms with Crippen LogP contribution >= 0.6 is 0 Å².